The van der Waals surface area contributed by atoms with Gasteiger partial charge in [0.15, 0.2) is 0 Å². The molecular weight excluding hydrogens is 413 g/mol. The van der Waals surface area contributed by atoms with Crippen LogP contribution >= 0.6 is 0 Å². The number of rotatable bonds is 6. The van der Waals surface area contributed by atoms with E-state index in [1.54, 1.807) is 41.5 Å². The first-order valence-electron chi connectivity index (χ1n) is 10.6. The number of hydrogen-bond acceptors (Lipinski definition) is 4. The summed E-state index contributed by atoms with van der Waals surface area (Å²) in [6.45, 7) is 0.418. The first-order chi connectivity index (χ1) is 16.2. The Morgan fingerprint density at radius 1 is 0.818 bits per heavy atom. The van der Waals surface area contributed by atoms with Crippen LogP contribution in [0.15, 0.2) is 104 Å². The molecule has 0 amide bonds. The van der Waals surface area contributed by atoms with Gasteiger partial charge in [-0.3, -0.25) is 4.98 Å². The number of benzene rings is 3. The largest absolute Gasteiger partial charge is 0.397 e. The zero-order chi connectivity index (χ0) is 22.6. The van der Waals surface area contributed by atoms with Crippen molar-refractivity contribution in [2.24, 2.45) is 0 Å². The molecule has 0 unspecified atom stereocenters. The molecule has 0 saturated carbocycles. The van der Waals surface area contributed by atoms with Crippen molar-refractivity contribution in [2.45, 2.75) is 6.54 Å². The summed E-state index contributed by atoms with van der Waals surface area (Å²) in [6, 6.07) is 26.7. The lowest BCUT2D eigenvalue weighted by Gasteiger charge is -2.13. The van der Waals surface area contributed by atoms with E-state index < -0.39 is 0 Å². The topological polar surface area (TPSA) is 68.8 Å². The Morgan fingerprint density at radius 3 is 2.30 bits per heavy atom. The van der Waals surface area contributed by atoms with Gasteiger partial charge in [0.25, 0.3) is 0 Å². The van der Waals surface area contributed by atoms with Crippen LogP contribution in [0.5, 0.6) is 0 Å². The van der Waals surface area contributed by atoms with E-state index >= 15 is 0 Å². The molecule has 2 heterocycles. The predicted molar refractivity (Wildman–Crippen MR) is 130 cm³/mol. The van der Waals surface area contributed by atoms with Crippen LogP contribution in [0.1, 0.15) is 5.56 Å². The van der Waals surface area contributed by atoms with Gasteiger partial charge in [0.2, 0.25) is 0 Å². The third-order valence-corrected chi connectivity index (χ3v) is 5.52. The standard InChI is InChI=1S/C27H22FN5/c28-24-9-5-4-8-23(24)27-21(16-31-26-18-30-15-14-25(26)29)17-32-33(27)22-12-10-20(11-13-22)19-6-2-1-3-7-19/h1-15,17-18,31H,16H2,(H2,29,30). The Kier molecular flexibility index (Phi) is 5.55. The maximum Gasteiger partial charge on any atom is 0.132 e. The first kappa shape index (κ1) is 20.5. The molecule has 0 saturated heterocycles. The molecule has 6 heteroatoms. The zero-order valence-corrected chi connectivity index (χ0v) is 17.8. The van der Waals surface area contributed by atoms with Crippen molar-refractivity contribution in [3.63, 3.8) is 0 Å². The van der Waals surface area contributed by atoms with Crippen LogP contribution in [-0.2, 0) is 6.54 Å². The Labute approximate surface area is 191 Å². The molecule has 162 valence electrons. The van der Waals surface area contributed by atoms with Gasteiger partial charge in [0, 0.05) is 23.9 Å². The van der Waals surface area contributed by atoms with Crippen LogP contribution in [0, 0.1) is 5.82 Å². The number of hydrogen-bond donors (Lipinski definition) is 2. The molecular formula is C27H22FN5. The highest BCUT2D eigenvalue weighted by Crippen LogP contribution is 2.31. The highest BCUT2D eigenvalue weighted by molar-refractivity contribution is 5.70. The second kappa shape index (κ2) is 8.96. The molecule has 33 heavy (non-hydrogen) atoms. The molecule has 0 spiro atoms. The molecule has 3 N–H and O–H groups in total. The monoisotopic (exact) mass is 435 g/mol. The molecule has 0 radical (unpaired) electrons. The average Bonchev–Trinajstić information content (AvgIpc) is 3.28. The van der Waals surface area contributed by atoms with Gasteiger partial charge >= 0.3 is 0 Å². The molecule has 0 aliphatic rings. The number of nitrogens with zero attached hydrogens (tertiary/aromatic N) is 3. The SMILES string of the molecule is Nc1ccncc1NCc1cnn(-c2ccc(-c3ccccc3)cc2)c1-c1ccccc1F. The number of anilines is 2. The maximum atomic E-state index is 14.8. The summed E-state index contributed by atoms with van der Waals surface area (Å²) < 4.78 is 16.6. The molecule has 2 aromatic heterocycles. The lowest BCUT2D eigenvalue weighted by atomic mass is 10.0. The molecule has 0 aliphatic carbocycles. The van der Waals surface area contributed by atoms with Crippen molar-refractivity contribution in [1.29, 1.82) is 0 Å². The second-order valence-corrected chi connectivity index (χ2v) is 7.64. The molecule has 5 rings (SSSR count). The van der Waals surface area contributed by atoms with E-state index in [-0.39, 0.29) is 5.82 Å². The highest BCUT2D eigenvalue weighted by Gasteiger charge is 2.18. The van der Waals surface area contributed by atoms with Crippen LogP contribution in [0.2, 0.25) is 0 Å². The molecule has 0 aliphatic heterocycles. The third kappa shape index (κ3) is 4.19. The van der Waals surface area contributed by atoms with E-state index in [1.807, 2.05) is 48.5 Å². The van der Waals surface area contributed by atoms with Gasteiger partial charge in [0.05, 0.1) is 35.1 Å². The fraction of sp³-hybridized carbons (Fsp3) is 0.0370. The predicted octanol–water partition coefficient (Wildman–Crippen LogP) is 5.93. The van der Waals surface area contributed by atoms with Crippen molar-refractivity contribution < 1.29 is 4.39 Å². The summed E-state index contributed by atoms with van der Waals surface area (Å²) in [5, 5.41) is 7.90. The van der Waals surface area contributed by atoms with Crippen LogP contribution in [-0.4, -0.2) is 14.8 Å². The van der Waals surface area contributed by atoms with Gasteiger partial charge in [-0.15, -0.1) is 0 Å². The van der Waals surface area contributed by atoms with Gasteiger partial charge in [-0.05, 0) is 41.5 Å². The van der Waals surface area contributed by atoms with Crippen molar-refractivity contribution in [2.75, 3.05) is 11.1 Å². The smallest absolute Gasteiger partial charge is 0.132 e. The Balaban J connectivity index is 1.54. The lowest BCUT2D eigenvalue weighted by Crippen LogP contribution is -2.05. The third-order valence-electron chi connectivity index (χ3n) is 5.52. The first-order valence-corrected chi connectivity index (χ1v) is 10.6. The summed E-state index contributed by atoms with van der Waals surface area (Å²) >= 11 is 0. The minimum absolute atomic E-state index is 0.303. The van der Waals surface area contributed by atoms with Gasteiger partial charge < -0.3 is 11.1 Å². The zero-order valence-electron chi connectivity index (χ0n) is 17.8. The Bertz CT molecular complexity index is 1380. The van der Waals surface area contributed by atoms with Crippen LogP contribution in [0.3, 0.4) is 0 Å². The van der Waals surface area contributed by atoms with Crippen molar-refractivity contribution >= 4 is 11.4 Å². The Hall–Kier alpha value is -4.45. The molecule has 0 fully saturated rings. The van der Waals surface area contributed by atoms with E-state index in [4.69, 9.17) is 5.73 Å². The van der Waals surface area contributed by atoms with Crippen LogP contribution in [0.25, 0.3) is 28.1 Å². The van der Waals surface area contributed by atoms with E-state index in [1.165, 1.54) is 6.07 Å². The van der Waals surface area contributed by atoms with Crippen molar-refractivity contribution in [3.05, 3.63) is 115 Å². The number of nitrogen functional groups attached to an aromatic ring is 1. The molecule has 0 bridgehead atoms. The lowest BCUT2D eigenvalue weighted by molar-refractivity contribution is 0.629. The number of pyridine rings is 1. The second-order valence-electron chi connectivity index (χ2n) is 7.64. The fourth-order valence-corrected chi connectivity index (χ4v) is 3.82. The summed E-state index contributed by atoms with van der Waals surface area (Å²) in [4.78, 5) is 4.12. The van der Waals surface area contributed by atoms with Crippen LogP contribution in [0.4, 0.5) is 15.8 Å². The fourth-order valence-electron chi connectivity index (χ4n) is 3.82. The normalized spacial score (nSPS) is 10.8. The van der Waals surface area contributed by atoms with E-state index in [0.29, 0.717) is 23.5 Å². The Morgan fingerprint density at radius 2 is 1.55 bits per heavy atom. The molecule has 5 aromatic rings. The number of halogens is 1. The van der Waals surface area contributed by atoms with Gasteiger partial charge in [-0.25, -0.2) is 9.07 Å². The molecule has 3 aromatic carbocycles. The summed E-state index contributed by atoms with van der Waals surface area (Å²) in [6.07, 6.45) is 5.07. The summed E-state index contributed by atoms with van der Waals surface area (Å²) in [7, 11) is 0. The summed E-state index contributed by atoms with van der Waals surface area (Å²) in [5.74, 6) is -0.303. The number of nitrogens with two attached hydrogens (primary N) is 1. The van der Waals surface area contributed by atoms with E-state index in [9.17, 15) is 4.39 Å². The average molecular weight is 436 g/mol. The van der Waals surface area contributed by atoms with E-state index in [0.717, 1.165) is 28.1 Å². The quantitative estimate of drug-likeness (QED) is 0.347. The van der Waals surface area contributed by atoms with Crippen molar-refractivity contribution in [3.8, 4) is 28.1 Å². The minimum atomic E-state index is -0.303. The van der Waals surface area contributed by atoms with E-state index in [2.05, 4.69) is 27.5 Å². The maximum absolute atomic E-state index is 14.8. The summed E-state index contributed by atoms with van der Waals surface area (Å²) in [5.41, 5.74) is 12.5. The number of aromatic nitrogens is 3. The molecule has 0 atom stereocenters. The van der Waals surface area contributed by atoms with Gasteiger partial charge in [0.1, 0.15) is 5.82 Å². The van der Waals surface area contributed by atoms with Gasteiger partial charge in [-0.2, -0.15) is 5.10 Å². The minimum Gasteiger partial charge on any atom is -0.397 e. The van der Waals surface area contributed by atoms with Gasteiger partial charge in [-0.1, -0.05) is 54.6 Å². The highest BCUT2D eigenvalue weighted by atomic mass is 19.1. The van der Waals surface area contributed by atoms with Crippen molar-refractivity contribution in [1.82, 2.24) is 14.8 Å². The molecule has 5 nitrogen and oxygen atoms in total. The number of nitrogens with one attached hydrogen (secondary N) is 1. The van der Waals surface area contributed by atoms with Crippen LogP contribution < -0.4 is 11.1 Å².